The molecule has 0 spiro atoms. The van der Waals surface area contributed by atoms with Crippen LogP contribution in [0.4, 0.5) is 10.1 Å². The van der Waals surface area contributed by atoms with E-state index >= 15 is 0 Å². The smallest absolute Gasteiger partial charge is 0.203 e. The van der Waals surface area contributed by atoms with Crippen molar-refractivity contribution in [3.8, 4) is 17.2 Å². The number of nitrogens with two attached hydrogens (primary N) is 1. The molecule has 6 nitrogen and oxygen atoms in total. The van der Waals surface area contributed by atoms with Crippen LogP contribution in [0.2, 0.25) is 0 Å². The molecular formula is C24H28FN3O3. The summed E-state index contributed by atoms with van der Waals surface area (Å²) in [6.45, 7) is 2.66. The Morgan fingerprint density at radius 2 is 1.68 bits per heavy atom. The molecule has 0 bridgehead atoms. The van der Waals surface area contributed by atoms with Gasteiger partial charge in [-0.3, -0.25) is 9.88 Å². The van der Waals surface area contributed by atoms with E-state index in [-0.39, 0.29) is 5.82 Å². The Hall–Kier alpha value is -3.06. The maximum absolute atomic E-state index is 13.5. The number of anilines is 1. The van der Waals surface area contributed by atoms with Crippen LogP contribution in [0.5, 0.6) is 17.2 Å². The van der Waals surface area contributed by atoms with Crippen LogP contribution in [-0.4, -0.2) is 44.3 Å². The molecule has 0 saturated carbocycles. The molecule has 0 radical (unpaired) electrons. The van der Waals surface area contributed by atoms with Crippen molar-refractivity contribution in [3.63, 3.8) is 0 Å². The van der Waals surface area contributed by atoms with E-state index in [0.717, 1.165) is 54.6 Å². The third-order valence-electron chi connectivity index (χ3n) is 5.94. The lowest BCUT2D eigenvalue weighted by molar-refractivity contribution is 0.203. The first-order valence-corrected chi connectivity index (χ1v) is 10.4. The lowest BCUT2D eigenvalue weighted by Gasteiger charge is -2.32. The number of methoxy groups -OCH3 is 3. The van der Waals surface area contributed by atoms with Gasteiger partial charge in [0, 0.05) is 17.8 Å². The van der Waals surface area contributed by atoms with Crippen molar-refractivity contribution in [1.82, 2.24) is 9.88 Å². The van der Waals surface area contributed by atoms with Gasteiger partial charge in [-0.25, -0.2) is 4.39 Å². The highest BCUT2D eigenvalue weighted by Gasteiger charge is 2.24. The van der Waals surface area contributed by atoms with Crippen LogP contribution in [0.3, 0.4) is 0 Å². The Morgan fingerprint density at radius 1 is 1.00 bits per heavy atom. The molecule has 0 amide bonds. The molecule has 2 heterocycles. The maximum atomic E-state index is 13.5. The van der Waals surface area contributed by atoms with E-state index in [2.05, 4.69) is 4.90 Å². The molecule has 4 rings (SSSR count). The van der Waals surface area contributed by atoms with Crippen LogP contribution < -0.4 is 19.9 Å². The Balaban J connectivity index is 1.46. The molecule has 2 aromatic carbocycles. The van der Waals surface area contributed by atoms with E-state index in [1.807, 2.05) is 18.2 Å². The Bertz CT molecular complexity index is 1060. The number of likely N-dealkylation sites (tertiary alicyclic amines) is 1. The zero-order valence-corrected chi connectivity index (χ0v) is 18.2. The summed E-state index contributed by atoms with van der Waals surface area (Å²) in [6, 6.07) is 10.5. The summed E-state index contributed by atoms with van der Waals surface area (Å²) in [5, 5.41) is 0.737. The fourth-order valence-electron chi connectivity index (χ4n) is 4.35. The Morgan fingerprint density at radius 3 is 2.29 bits per heavy atom. The molecule has 3 aromatic rings. The molecular weight excluding hydrogens is 397 g/mol. The summed E-state index contributed by atoms with van der Waals surface area (Å²) >= 11 is 0. The summed E-state index contributed by atoms with van der Waals surface area (Å²) in [5.41, 5.74) is 9.73. The quantitative estimate of drug-likeness (QED) is 0.633. The number of benzene rings is 2. The molecule has 2 N–H and O–H groups in total. The molecule has 1 aromatic heterocycles. The van der Waals surface area contributed by atoms with Gasteiger partial charge in [-0.05, 0) is 67.9 Å². The van der Waals surface area contributed by atoms with E-state index < -0.39 is 0 Å². The van der Waals surface area contributed by atoms with Gasteiger partial charge in [-0.15, -0.1) is 0 Å². The number of ether oxygens (including phenoxy) is 3. The first kappa shape index (κ1) is 21.2. The number of piperidine rings is 1. The molecule has 1 aliphatic heterocycles. The third-order valence-corrected chi connectivity index (χ3v) is 5.94. The van der Waals surface area contributed by atoms with E-state index in [1.54, 1.807) is 27.4 Å². The minimum absolute atomic E-state index is 0.276. The van der Waals surface area contributed by atoms with Crippen LogP contribution >= 0.6 is 0 Å². The summed E-state index contributed by atoms with van der Waals surface area (Å²) in [4.78, 5) is 7.16. The molecule has 0 aliphatic carbocycles. The van der Waals surface area contributed by atoms with Crippen molar-refractivity contribution in [2.75, 3.05) is 40.2 Å². The lowest BCUT2D eigenvalue weighted by Crippen LogP contribution is -2.33. The van der Waals surface area contributed by atoms with Gasteiger partial charge in [0.1, 0.15) is 5.82 Å². The van der Waals surface area contributed by atoms with Crippen LogP contribution in [0.1, 0.15) is 30.0 Å². The number of halogens is 1. The second-order valence-corrected chi connectivity index (χ2v) is 7.88. The average Bonchev–Trinajstić information content (AvgIpc) is 2.78. The lowest BCUT2D eigenvalue weighted by atomic mass is 9.91. The van der Waals surface area contributed by atoms with Gasteiger partial charge in [0.05, 0.1) is 38.2 Å². The summed E-state index contributed by atoms with van der Waals surface area (Å²) in [5.74, 6) is 1.95. The molecule has 7 heteroatoms. The number of fused-ring (bicyclic) bond motifs is 1. The fourth-order valence-corrected chi connectivity index (χ4v) is 4.35. The first-order valence-electron chi connectivity index (χ1n) is 10.4. The number of hydrogen-bond donors (Lipinski definition) is 1. The topological polar surface area (TPSA) is 69.8 Å². The Kier molecular flexibility index (Phi) is 6.13. The van der Waals surface area contributed by atoms with Crippen LogP contribution in [0, 0.1) is 5.82 Å². The van der Waals surface area contributed by atoms with Crippen molar-refractivity contribution in [1.29, 1.82) is 0 Å². The highest BCUT2D eigenvalue weighted by molar-refractivity contribution is 5.82. The molecule has 1 aliphatic rings. The predicted octanol–water partition coefficient (Wildman–Crippen LogP) is 4.36. The second-order valence-electron chi connectivity index (χ2n) is 7.88. The summed E-state index contributed by atoms with van der Waals surface area (Å²) in [6.07, 6.45) is 1.93. The van der Waals surface area contributed by atoms with Crippen LogP contribution in [0.15, 0.2) is 36.4 Å². The van der Waals surface area contributed by atoms with Crippen LogP contribution in [0.25, 0.3) is 10.9 Å². The fraction of sp³-hybridized carbons (Fsp3) is 0.375. The zero-order valence-electron chi connectivity index (χ0n) is 18.2. The largest absolute Gasteiger partial charge is 0.493 e. The van der Waals surface area contributed by atoms with Crippen molar-refractivity contribution < 1.29 is 18.6 Å². The van der Waals surface area contributed by atoms with E-state index in [4.69, 9.17) is 24.9 Å². The van der Waals surface area contributed by atoms with Gasteiger partial charge >= 0.3 is 0 Å². The minimum atomic E-state index is -0.276. The van der Waals surface area contributed by atoms with Gasteiger partial charge in [0.2, 0.25) is 5.75 Å². The zero-order chi connectivity index (χ0) is 22.0. The average molecular weight is 426 g/mol. The highest BCUT2D eigenvalue weighted by atomic mass is 19.1. The first-order chi connectivity index (χ1) is 15.0. The number of nitrogens with zero attached hydrogens (tertiary/aromatic N) is 2. The van der Waals surface area contributed by atoms with Gasteiger partial charge < -0.3 is 19.9 Å². The van der Waals surface area contributed by atoms with Gasteiger partial charge in [0.25, 0.3) is 0 Å². The monoisotopic (exact) mass is 425 g/mol. The maximum Gasteiger partial charge on any atom is 0.203 e. The normalized spacial score (nSPS) is 15.2. The second kappa shape index (κ2) is 8.98. The number of hydrogen-bond acceptors (Lipinski definition) is 6. The van der Waals surface area contributed by atoms with E-state index in [0.29, 0.717) is 28.9 Å². The molecule has 1 saturated heterocycles. The van der Waals surface area contributed by atoms with Crippen molar-refractivity contribution in [2.45, 2.75) is 25.3 Å². The number of rotatable bonds is 6. The third kappa shape index (κ3) is 4.37. The highest BCUT2D eigenvalue weighted by Crippen LogP contribution is 2.39. The summed E-state index contributed by atoms with van der Waals surface area (Å²) in [7, 11) is 4.86. The van der Waals surface area contributed by atoms with Gasteiger partial charge in [-0.2, -0.15) is 0 Å². The molecule has 31 heavy (non-hydrogen) atoms. The predicted molar refractivity (Wildman–Crippen MR) is 119 cm³/mol. The number of pyridine rings is 1. The van der Waals surface area contributed by atoms with Gasteiger partial charge in [-0.1, -0.05) is 0 Å². The molecule has 1 fully saturated rings. The summed E-state index contributed by atoms with van der Waals surface area (Å²) < 4.78 is 29.8. The van der Waals surface area contributed by atoms with E-state index in [9.17, 15) is 4.39 Å². The standard InChI is InChI=1S/C24H28FN3O3/c1-29-21-10-15(11-22(30-2)24(21)31-3)14-28-8-6-16(7-9-28)23-19(26)13-17-12-18(25)4-5-20(17)27-23/h4-5,10-13,16H,6-9,14,26H2,1-3H3. The van der Waals surface area contributed by atoms with Crippen LogP contribution in [-0.2, 0) is 6.54 Å². The Labute approximate surface area is 181 Å². The molecule has 0 atom stereocenters. The van der Waals surface area contributed by atoms with Gasteiger partial charge in [0.15, 0.2) is 11.5 Å². The minimum Gasteiger partial charge on any atom is -0.493 e. The van der Waals surface area contributed by atoms with Crippen molar-refractivity contribution in [3.05, 3.63) is 53.5 Å². The van der Waals surface area contributed by atoms with Crippen molar-refractivity contribution in [2.24, 2.45) is 0 Å². The van der Waals surface area contributed by atoms with E-state index in [1.165, 1.54) is 12.1 Å². The molecule has 164 valence electrons. The number of aromatic nitrogens is 1. The van der Waals surface area contributed by atoms with Crippen molar-refractivity contribution >= 4 is 16.6 Å². The molecule has 0 unspecified atom stereocenters. The number of nitrogen functional groups attached to an aromatic ring is 1. The SMILES string of the molecule is COc1cc(CN2CCC(c3nc4ccc(F)cc4cc3N)CC2)cc(OC)c1OC.